The van der Waals surface area contributed by atoms with Crippen molar-refractivity contribution in [2.45, 2.75) is 58.2 Å². The first-order valence-electron chi connectivity index (χ1n) is 7.21. The molecule has 1 aliphatic rings. The van der Waals surface area contributed by atoms with Crippen LogP contribution in [0.5, 0.6) is 0 Å². The highest BCUT2D eigenvalue weighted by molar-refractivity contribution is 5.07. The Bertz CT molecular complexity index is 345. The molecule has 0 saturated carbocycles. The average molecular weight is 251 g/mol. The van der Waals surface area contributed by atoms with Crippen LogP contribution in [-0.2, 0) is 11.3 Å². The van der Waals surface area contributed by atoms with Crippen LogP contribution in [0.4, 0.5) is 0 Å². The average Bonchev–Trinajstić information content (AvgIpc) is 2.89. The van der Waals surface area contributed by atoms with Gasteiger partial charge >= 0.3 is 0 Å². The summed E-state index contributed by atoms with van der Waals surface area (Å²) in [5.74, 6) is 0. The summed E-state index contributed by atoms with van der Waals surface area (Å²) >= 11 is 0. The van der Waals surface area contributed by atoms with E-state index in [0.717, 1.165) is 38.2 Å². The van der Waals surface area contributed by atoms with E-state index in [9.17, 15) is 0 Å². The second kappa shape index (κ2) is 6.90. The van der Waals surface area contributed by atoms with E-state index in [2.05, 4.69) is 34.9 Å². The van der Waals surface area contributed by atoms with Gasteiger partial charge in [0.25, 0.3) is 0 Å². The molecule has 18 heavy (non-hydrogen) atoms. The van der Waals surface area contributed by atoms with Crippen molar-refractivity contribution in [3.8, 4) is 0 Å². The topological polar surface area (TPSA) is 39.1 Å². The molecule has 1 fully saturated rings. The second-order valence-corrected chi connectivity index (χ2v) is 4.97. The predicted octanol–water partition coefficient (Wildman–Crippen LogP) is 2.51. The van der Waals surface area contributed by atoms with Crippen molar-refractivity contribution in [1.82, 2.24) is 14.9 Å². The van der Waals surface area contributed by atoms with Crippen molar-refractivity contribution in [2.24, 2.45) is 0 Å². The molecule has 0 spiro atoms. The van der Waals surface area contributed by atoms with Crippen LogP contribution in [0.2, 0.25) is 0 Å². The van der Waals surface area contributed by atoms with E-state index in [1.165, 1.54) is 12.8 Å². The Kier molecular flexibility index (Phi) is 5.20. The molecule has 1 aromatic rings. The molecule has 0 bridgehead atoms. The Morgan fingerprint density at radius 2 is 2.39 bits per heavy atom. The van der Waals surface area contributed by atoms with Crippen molar-refractivity contribution < 1.29 is 4.74 Å². The molecule has 0 amide bonds. The molecular weight excluding hydrogens is 226 g/mol. The molecule has 2 unspecified atom stereocenters. The van der Waals surface area contributed by atoms with E-state index in [-0.39, 0.29) is 12.1 Å². The van der Waals surface area contributed by atoms with Crippen LogP contribution in [0, 0.1) is 0 Å². The lowest BCUT2D eigenvalue weighted by molar-refractivity contribution is -0.00896. The summed E-state index contributed by atoms with van der Waals surface area (Å²) < 4.78 is 8.05. The van der Waals surface area contributed by atoms with E-state index < -0.39 is 0 Å². The largest absolute Gasteiger partial charge is 0.376 e. The van der Waals surface area contributed by atoms with E-state index in [1.807, 2.05) is 6.33 Å². The third-order valence-electron chi connectivity index (χ3n) is 3.54. The van der Waals surface area contributed by atoms with Crippen molar-refractivity contribution in [1.29, 1.82) is 0 Å². The number of nitrogens with zero attached hydrogens (tertiary/aromatic N) is 2. The van der Waals surface area contributed by atoms with Gasteiger partial charge in [-0.3, -0.25) is 0 Å². The molecule has 2 rings (SSSR count). The third-order valence-corrected chi connectivity index (χ3v) is 3.54. The van der Waals surface area contributed by atoms with Gasteiger partial charge in [-0.15, -0.1) is 0 Å². The fraction of sp³-hybridized carbons (Fsp3) is 0.786. The zero-order valence-electron chi connectivity index (χ0n) is 11.6. The number of ether oxygens (including phenoxy) is 1. The van der Waals surface area contributed by atoms with Gasteiger partial charge in [0.05, 0.1) is 24.2 Å². The fourth-order valence-electron chi connectivity index (χ4n) is 2.47. The summed E-state index contributed by atoms with van der Waals surface area (Å²) in [5, 5.41) is 3.59. The number of aryl methyl sites for hydroxylation is 1. The number of hydrogen-bond acceptors (Lipinski definition) is 3. The maximum atomic E-state index is 5.92. The van der Waals surface area contributed by atoms with Crippen LogP contribution in [0.1, 0.15) is 51.3 Å². The van der Waals surface area contributed by atoms with Crippen molar-refractivity contribution in [2.75, 3.05) is 13.2 Å². The molecule has 0 aliphatic carbocycles. The lowest BCUT2D eigenvalue weighted by Crippen LogP contribution is -2.36. The number of nitrogens with one attached hydrogen (secondary N) is 1. The summed E-state index contributed by atoms with van der Waals surface area (Å²) in [6.45, 7) is 7.21. The minimum absolute atomic E-state index is 0.248. The maximum absolute atomic E-state index is 5.92. The molecule has 0 aromatic carbocycles. The van der Waals surface area contributed by atoms with Gasteiger partial charge in [0.1, 0.15) is 0 Å². The highest BCUT2D eigenvalue weighted by Crippen LogP contribution is 2.25. The van der Waals surface area contributed by atoms with Crippen LogP contribution in [0.3, 0.4) is 0 Å². The Morgan fingerprint density at radius 1 is 1.50 bits per heavy atom. The van der Waals surface area contributed by atoms with Gasteiger partial charge in [-0.2, -0.15) is 0 Å². The molecule has 1 aromatic heterocycles. The minimum Gasteiger partial charge on any atom is -0.376 e. The first kappa shape index (κ1) is 13.6. The highest BCUT2D eigenvalue weighted by atomic mass is 16.5. The second-order valence-electron chi connectivity index (χ2n) is 4.97. The molecule has 4 heteroatoms. The fourth-order valence-corrected chi connectivity index (χ4v) is 2.47. The molecule has 1 N–H and O–H groups in total. The first-order valence-corrected chi connectivity index (χ1v) is 7.21. The molecule has 1 saturated heterocycles. The van der Waals surface area contributed by atoms with Gasteiger partial charge in [-0.25, -0.2) is 4.98 Å². The normalized spacial score (nSPS) is 22.0. The van der Waals surface area contributed by atoms with Crippen LogP contribution >= 0.6 is 0 Å². The summed E-state index contributed by atoms with van der Waals surface area (Å²) in [6, 6.07) is 0.248. The van der Waals surface area contributed by atoms with Gasteiger partial charge < -0.3 is 14.6 Å². The standard InChI is InChI=1S/C14H25N3O/c1-3-8-15-14(13-7-5-6-9-18-13)12-10-17(4-2)11-16-12/h10-11,13-15H,3-9H2,1-2H3. The van der Waals surface area contributed by atoms with E-state index in [0.29, 0.717) is 0 Å². The summed E-state index contributed by atoms with van der Waals surface area (Å²) in [4.78, 5) is 4.54. The zero-order valence-corrected chi connectivity index (χ0v) is 11.6. The molecule has 2 atom stereocenters. The molecular formula is C14H25N3O. The lowest BCUT2D eigenvalue weighted by Gasteiger charge is -2.30. The van der Waals surface area contributed by atoms with Gasteiger partial charge in [0.15, 0.2) is 0 Å². The SMILES string of the molecule is CCCNC(c1cn(CC)cn1)C1CCCCO1. The van der Waals surface area contributed by atoms with Gasteiger partial charge in [0, 0.05) is 19.3 Å². The van der Waals surface area contributed by atoms with E-state index >= 15 is 0 Å². The molecule has 2 heterocycles. The van der Waals surface area contributed by atoms with Gasteiger partial charge in [-0.05, 0) is 39.2 Å². The minimum atomic E-state index is 0.248. The number of imidazole rings is 1. The van der Waals surface area contributed by atoms with E-state index in [1.54, 1.807) is 0 Å². The number of hydrogen-bond donors (Lipinski definition) is 1. The number of rotatable bonds is 6. The van der Waals surface area contributed by atoms with Crippen LogP contribution in [0.15, 0.2) is 12.5 Å². The van der Waals surface area contributed by atoms with Crippen LogP contribution < -0.4 is 5.32 Å². The monoisotopic (exact) mass is 251 g/mol. The molecule has 1 aliphatic heterocycles. The quantitative estimate of drug-likeness (QED) is 0.844. The maximum Gasteiger partial charge on any atom is 0.0950 e. The molecule has 0 radical (unpaired) electrons. The van der Waals surface area contributed by atoms with Crippen molar-refractivity contribution in [3.05, 3.63) is 18.2 Å². The molecule has 102 valence electrons. The third kappa shape index (κ3) is 3.33. The number of aromatic nitrogens is 2. The predicted molar refractivity (Wildman–Crippen MR) is 72.5 cm³/mol. The van der Waals surface area contributed by atoms with Crippen molar-refractivity contribution >= 4 is 0 Å². The first-order chi connectivity index (χ1) is 8.85. The Labute approximate surface area is 110 Å². The zero-order chi connectivity index (χ0) is 12.8. The van der Waals surface area contributed by atoms with Gasteiger partial charge in [-0.1, -0.05) is 6.92 Å². The van der Waals surface area contributed by atoms with E-state index in [4.69, 9.17) is 4.74 Å². The van der Waals surface area contributed by atoms with Crippen LogP contribution in [0.25, 0.3) is 0 Å². The molecule has 4 nitrogen and oxygen atoms in total. The Hall–Kier alpha value is -0.870. The Morgan fingerprint density at radius 3 is 3.00 bits per heavy atom. The van der Waals surface area contributed by atoms with Crippen molar-refractivity contribution in [3.63, 3.8) is 0 Å². The highest BCUT2D eigenvalue weighted by Gasteiger charge is 2.27. The summed E-state index contributed by atoms with van der Waals surface area (Å²) in [5.41, 5.74) is 1.12. The smallest absolute Gasteiger partial charge is 0.0950 e. The lowest BCUT2D eigenvalue weighted by atomic mass is 10.00. The Balaban J connectivity index is 2.07. The van der Waals surface area contributed by atoms with Crippen LogP contribution in [-0.4, -0.2) is 28.8 Å². The summed E-state index contributed by atoms with van der Waals surface area (Å²) in [7, 11) is 0. The van der Waals surface area contributed by atoms with Gasteiger partial charge in [0.2, 0.25) is 0 Å². The summed E-state index contributed by atoms with van der Waals surface area (Å²) in [6.07, 6.45) is 9.08.